The van der Waals surface area contributed by atoms with E-state index < -0.39 is 0 Å². The van der Waals surface area contributed by atoms with E-state index in [1.807, 2.05) is 12.1 Å². The Morgan fingerprint density at radius 3 is 2.56 bits per heavy atom. The molecule has 1 nitrogen and oxygen atoms in total. The van der Waals surface area contributed by atoms with Crippen molar-refractivity contribution in [1.82, 2.24) is 0 Å². The lowest BCUT2D eigenvalue weighted by Gasteiger charge is -2.24. The quantitative estimate of drug-likeness (QED) is 0.828. The second-order valence-electron chi connectivity index (χ2n) is 5.35. The number of hydrogen-bond acceptors (Lipinski definition) is 1. The summed E-state index contributed by atoms with van der Waals surface area (Å²) in [7, 11) is 0. The summed E-state index contributed by atoms with van der Waals surface area (Å²) in [6.45, 7) is 0.785. The van der Waals surface area contributed by atoms with Crippen molar-refractivity contribution in [3.63, 3.8) is 0 Å². The van der Waals surface area contributed by atoms with Gasteiger partial charge in [-0.15, -0.1) is 0 Å². The lowest BCUT2D eigenvalue weighted by Crippen LogP contribution is -2.24. The summed E-state index contributed by atoms with van der Waals surface area (Å²) in [6.07, 6.45) is 7.50. The molecule has 0 spiro atoms. The van der Waals surface area contributed by atoms with Gasteiger partial charge in [-0.25, -0.2) is 4.39 Å². The molecule has 3 heteroatoms. The molecular formula is C15H21BrFN. The molecule has 1 aromatic rings. The first-order valence-corrected chi connectivity index (χ1v) is 7.64. The third-order valence-corrected chi connectivity index (χ3v) is 4.71. The van der Waals surface area contributed by atoms with E-state index in [0.29, 0.717) is 16.3 Å². The Morgan fingerprint density at radius 2 is 1.89 bits per heavy atom. The van der Waals surface area contributed by atoms with E-state index >= 15 is 0 Å². The van der Waals surface area contributed by atoms with Crippen LogP contribution in [0.4, 0.5) is 4.39 Å². The van der Waals surface area contributed by atoms with Crippen LogP contribution >= 0.6 is 15.9 Å². The maximum atomic E-state index is 13.2. The van der Waals surface area contributed by atoms with Crippen LogP contribution in [0.5, 0.6) is 0 Å². The molecule has 2 N–H and O–H groups in total. The smallest absolute Gasteiger partial charge is 0.137 e. The highest BCUT2D eigenvalue weighted by Gasteiger charge is 2.22. The summed E-state index contributed by atoms with van der Waals surface area (Å²) >= 11 is 3.26. The largest absolute Gasteiger partial charge is 0.330 e. The van der Waals surface area contributed by atoms with Crippen molar-refractivity contribution < 1.29 is 4.39 Å². The van der Waals surface area contributed by atoms with Crippen LogP contribution in [0.2, 0.25) is 0 Å². The van der Waals surface area contributed by atoms with Gasteiger partial charge in [-0.05, 0) is 71.3 Å². The third kappa shape index (κ3) is 3.55. The lowest BCUT2D eigenvalue weighted by molar-refractivity contribution is 0.318. The monoisotopic (exact) mass is 313 g/mol. The molecule has 2 atom stereocenters. The summed E-state index contributed by atoms with van der Waals surface area (Å²) in [4.78, 5) is 0. The molecule has 0 aliphatic heterocycles. The van der Waals surface area contributed by atoms with Crippen LogP contribution in [0, 0.1) is 17.7 Å². The summed E-state index contributed by atoms with van der Waals surface area (Å²) in [5, 5.41) is 0. The molecule has 0 radical (unpaired) electrons. The van der Waals surface area contributed by atoms with E-state index in [2.05, 4.69) is 15.9 Å². The van der Waals surface area contributed by atoms with Crippen LogP contribution in [0.15, 0.2) is 22.7 Å². The van der Waals surface area contributed by atoms with E-state index in [0.717, 1.165) is 13.0 Å². The van der Waals surface area contributed by atoms with Crippen molar-refractivity contribution in [1.29, 1.82) is 0 Å². The minimum atomic E-state index is -0.185. The van der Waals surface area contributed by atoms with Gasteiger partial charge in [0.2, 0.25) is 0 Å². The Morgan fingerprint density at radius 1 is 1.17 bits per heavy atom. The molecule has 1 aliphatic rings. The van der Waals surface area contributed by atoms with Crippen molar-refractivity contribution in [2.24, 2.45) is 17.6 Å². The van der Waals surface area contributed by atoms with Crippen LogP contribution < -0.4 is 5.73 Å². The number of rotatable bonds is 3. The van der Waals surface area contributed by atoms with E-state index in [1.54, 1.807) is 6.07 Å². The van der Waals surface area contributed by atoms with Gasteiger partial charge < -0.3 is 5.73 Å². The third-order valence-electron chi connectivity index (χ3n) is 4.10. The summed E-state index contributed by atoms with van der Waals surface area (Å²) in [5.74, 6) is 1.11. The maximum Gasteiger partial charge on any atom is 0.137 e. The van der Waals surface area contributed by atoms with E-state index in [4.69, 9.17) is 5.73 Å². The minimum Gasteiger partial charge on any atom is -0.330 e. The van der Waals surface area contributed by atoms with Gasteiger partial charge in [0.25, 0.3) is 0 Å². The first-order chi connectivity index (χ1) is 8.70. The highest BCUT2D eigenvalue weighted by molar-refractivity contribution is 9.10. The SMILES string of the molecule is NCC1CCCCCC1Cc1ccc(F)c(Br)c1. The van der Waals surface area contributed by atoms with Gasteiger partial charge in [0.1, 0.15) is 5.82 Å². The average Bonchev–Trinajstić information content (AvgIpc) is 2.59. The van der Waals surface area contributed by atoms with Gasteiger partial charge >= 0.3 is 0 Å². The second kappa shape index (κ2) is 6.67. The zero-order valence-electron chi connectivity index (χ0n) is 10.7. The Labute approximate surface area is 117 Å². The first-order valence-electron chi connectivity index (χ1n) is 6.84. The van der Waals surface area contributed by atoms with Gasteiger partial charge in [0, 0.05) is 0 Å². The van der Waals surface area contributed by atoms with Crippen LogP contribution in [-0.2, 0) is 6.42 Å². The normalized spacial score (nSPS) is 24.8. The van der Waals surface area contributed by atoms with Crippen molar-refractivity contribution in [2.45, 2.75) is 38.5 Å². The summed E-state index contributed by atoms with van der Waals surface area (Å²) in [5.41, 5.74) is 7.12. The molecule has 1 aliphatic carbocycles. The molecule has 1 saturated carbocycles. The van der Waals surface area contributed by atoms with E-state index in [-0.39, 0.29) is 5.82 Å². The molecule has 100 valence electrons. The van der Waals surface area contributed by atoms with Gasteiger partial charge in [-0.1, -0.05) is 25.3 Å². The molecule has 0 heterocycles. The zero-order chi connectivity index (χ0) is 13.0. The lowest BCUT2D eigenvalue weighted by atomic mass is 9.83. The Kier molecular flexibility index (Phi) is 5.19. The molecule has 1 fully saturated rings. The molecule has 0 bridgehead atoms. The Bertz CT molecular complexity index is 394. The highest BCUT2D eigenvalue weighted by atomic mass is 79.9. The predicted molar refractivity (Wildman–Crippen MR) is 76.9 cm³/mol. The van der Waals surface area contributed by atoms with Gasteiger partial charge in [-0.2, -0.15) is 0 Å². The van der Waals surface area contributed by atoms with Crippen LogP contribution in [0.25, 0.3) is 0 Å². The Balaban J connectivity index is 2.07. The number of halogens is 2. The van der Waals surface area contributed by atoms with Crippen LogP contribution in [-0.4, -0.2) is 6.54 Å². The van der Waals surface area contributed by atoms with Gasteiger partial charge in [0.15, 0.2) is 0 Å². The van der Waals surface area contributed by atoms with Crippen molar-refractivity contribution >= 4 is 15.9 Å². The molecule has 0 aromatic heterocycles. The predicted octanol–water partition coefficient (Wildman–Crippen LogP) is 4.29. The standard InChI is InChI=1S/C15H21BrFN/c16-14-9-11(6-7-15(14)17)8-12-4-2-1-3-5-13(12)10-18/h6-7,9,12-13H,1-5,8,10,18H2. The molecule has 0 saturated heterocycles. The number of benzene rings is 1. The van der Waals surface area contributed by atoms with Gasteiger partial charge in [0.05, 0.1) is 4.47 Å². The zero-order valence-corrected chi connectivity index (χ0v) is 12.3. The molecule has 2 unspecified atom stereocenters. The van der Waals surface area contributed by atoms with E-state index in [9.17, 15) is 4.39 Å². The fraction of sp³-hybridized carbons (Fsp3) is 0.600. The fourth-order valence-corrected chi connectivity index (χ4v) is 3.44. The molecular weight excluding hydrogens is 293 g/mol. The number of hydrogen-bond donors (Lipinski definition) is 1. The fourth-order valence-electron chi connectivity index (χ4n) is 3.01. The van der Waals surface area contributed by atoms with Crippen LogP contribution in [0.1, 0.15) is 37.7 Å². The van der Waals surface area contributed by atoms with E-state index in [1.165, 1.54) is 37.7 Å². The van der Waals surface area contributed by atoms with Crippen molar-refractivity contribution in [3.8, 4) is 0 Å². The average molecular weight is 314 g/mol. The molecule has 2 rings (SSSR count). The van der Waals surface area contributed by atoms with Crippen molar-refractivity contribution in [2.75, 3.05) is 6.54 Å². The maximum absolute atomic E-state index is 13.2. The summed E-state index contributed by atoms with van der Waals surface area (Å²) in [6, 6.07) is 5.36. The summed E-state index contributed by atoms with van der Waals surface area (Å²) < 4.78 is 13.8. The van der Waals surface area contributed by atoms with Crippen LogP contribution in [0.3, 0.4) is 0 Å². The molecule has 18 heavy (non-hydrogen) atoms. The van der Waals surface area contributed by atoms with Crippen molar-refractivity contribution in [3.05, 3.63) is 34.1 Å². The first kappa shape index (κ1) is 14.0. The second-order valence-corrected chi connectivity index (χ2v) is 6.20. The Hall–Kier alpha value is -0.410. The number of nitrogens with two attached hydrogens (primary N) is 1. The molecule has 0 amide bonds. The van der Waals surface area contributed by atoms with Gasteiger partial charge in [-0.3, -0.25) is 0 Å². The molecule has 1 aromatic carbocycles. The minimum absolute atomic E-state index is 0.185. The highest BCUT2D eigenvalue weighted by Crippen LogP contribution is 2.31. The topological polar surface area (TPSA) is 26.0 Å².